The lowest BCUT2D eigenvalue weighted by Crippen LogP contribution is -1.76. The Morgan fingerprint density at radius 1 is 0.733 bits per heavy atom. The Hall–Kier alpha value is -1.89. The highest BCUT2D eigenvalue weighted by molar-refractivity contribution is 5.65. The quantitative estimate of drug-likeness (QED) is 0.683. The summed E-state index contributed by atoms with van der Waals surface area (Å²) in [5, 5.41) is 0. The molecule has 0 aromatic heterocycles. The Kier molecular flexibility index (Phi) is 3.81. The molecule has 0 aliphatic heterocycles. The first kappa shape index (κ1) is 11.2. The van der Waals surface area contributed by atoms with Crippen molar-refractivity contribution in [2.75, 3.05) is 0 Å². The normalized spacial score (nSPS) is 9.07. The average Bonchev–Trinajstić information content (AvgIpc) is 2.30. The zero-order chi connectivity index (χ0) is 9.80. The predicted octanol–water partition coefficient (Wildman–Crippen LogP) is 4.15. The lowest BCUT2D eigenvalue weighted by Gasteiger charge is -2.01. The van der Waals surface area contributed by atoms with E-state index in [-0.39, 0.29) is 4.70 Å². The Labute approximate surface area is 89.3 Å². The van der Waals surface area contributed by atoms with Crippen LogP contribution < -0.4 is 0 Å². The van der Waals surface area contributed by atoms with E-state index in [2.05, 4.69) is 55.1 Å². The van der Waals surface area contributed by atoms with Gasteiger partial charge >= 0.3 is 0 Å². The van der Waals surface area contributed by atoms with Crippen LogP contribution in [-0.4, -0.2) is 0 Å². The second kappa shape index (κ2) is 5.11. The van der Waals surface area contributed by atoms with Gasteiger partial charge in [-0.2, -0.15) is 0 Å². The highest BCUT2D eigenvalue weighted by Gasteiger charge is 1.94. The maximum Gasteiger partial charge on any atom is -0.0184 e. The standard InChI is InChI=1S/C14H12.FH/c1-2-12-8-10-14(11-9-12)13-6-4-3-5-7-13;/h2-11H,1H2;1H. The predicted molar refractivity (Wildman–Crippen MR) is 64.5 cm³/mol. The summed E-state index contributed by atoms with van der Waals surface area (Å²) in [6, 6.07) is 18.8. The first-order valence-corrected chi connectivity index (χ1v) is 4.68. The second-order valence-corrected chi connectivity index (χ2v) is 3.19. The van der Waals surface area contributed by atoms with E-state index in [9.17, 15) is 0 Å². The minimum Gasteiger partial charge on any atom is -0.269 e. The number of hydrogen-bond donors (Lipinski definition) is 0. The van der Waals surface area contributed by atoms with Crippen molar-refractivity contribution in [3.8, 4) is 11.1 Å². The summed E-state index contributed by atoms with van der Waals surface area (Å²) >= 11 is 0. The van der Waals surface area contributed by atoms with Crippen molar-refractivity contribution < 1.29 is 4.70 Å². The van der Waals surface area contributed by atoms with Crippen LogP contribution in [0.2, 0.25) is 0 Å². The van der Waals surface area contributed by atoms with Gasteiger partial charge in [0.25, 0.3) is 0 Å². The molecule has 2 aromatic carbocycles. The van der Waals surface area contributed by atoms with Gasteiger partial charge < -0.3 is 0 Å². The summed E-state index contributed by atoms with van der Waals surface area (Å²) in [5.41, 5.74) is 3.66. The minimum atomic E-state index is 0. The van der Waals surface area contributed by atoms with E-state index in [4.69, 9.17) is 0 Å². The maximum atomic E-state index is 3.73. The molecular weight excluding hydrogens is 187 g/mol. The van der Waals surface area contributed by atoms with E-state index in [0.29, 0.717) is 0 Å². The Bertz CT molecular complexity index is 415. The van der Waals surface area contributed by atoms with Crippen molar-refractivity contribution in [1.29, 1.82) is 0 Å². The van der Waals surface area contributed by atoms with Crippen LogP contribution in [0, 0.1) is 0 Å². The van der Waals surface area contributed by atoms with Crippen LogP contribution >= 0.6 is 0 Å². The third-order valence-corrected chi connectivity index (χ3v) is 2.25. The molecule has 0 spiro atoms. The molecular formula is C14H13F. The third kappa shape index (κ3) is 2.53. The van der Waals surface area contributed by atoms with E-state index in [1.54, 1.807) is 0 Å². The molecule has 0 radical (unpaired) electrons. The minimum absolute atomic E-state index is 0. The van der Waals surface area contributed by atoms with Gasteiger partial charge in [0.15, 0.2) is 0 Å². The Morgan fingerprint density at radius 3 is 1.80 bits per heavy atom. The molecule has 15 heavy (non-hydrogen) atoms. The van der Waals surface area contributed by atoms with Crippen molar-refractivity contribution in [2.45, 2.75) is 0 Å². The van der Waals surface area contributed by atoms with Crippen molar-refractivity contribution in [2.24, 2.45) is 0 Å². The van der Waals surface area contributed by atoms with Crippen molar-refractivity contribution in [3.05, 3.63) is 66.7 Å². The monoisotopic (exact) mass is 200 g/mol. The summed E-state index contributed by atoms with van der Waals surface area (Å²) < 4.78 is 0. The maximum absolute atomic E-state index is 3.73. The Balaban J connectivity index is 0.00000112. The molecule has 2 rings (SSSR count). The lowest BCUT2D eigenvalue weighted by atomic mass is 10.0. The molecule has 0 aliphatic carbocycles. The molecule has 0 bridgehead atoms. The molecule has 76 valence electrons. The van der Waals surface area contributed by atoms with E-state index in [1.165, 1.54) is 11.1 Å². The molecule has 0 fully saturated rings. The van der Waals surface area contributed by atoms with E-state index >= 15 is 0 Å². The molecule has 0 amide bonds. The topological polar surface area (TPSA) is 0 Å². The van der Waals surface area contributed by atoms with Crippen LogP contribution in [0.3, 0.4) is 0 Å². The third-order valence-electron chi connectivity index (χ3n) is 2.25. The van der Waals surface area contributed by atoms with Gasteiger partial charge in [0, 0.05) is 0 Å². The largest absolute Gasteiger partial charge is 0.269 e. The van der Waals surface area contributed by atoms with Crippen LogP contribution in [0.15, 0.2) is 61.2 Å². The highest BCUT2D eigenvalue weighted by Crippen LogP contribution is 2.19. The van der Waals surface area contributed by atoms with Crippen LogP contribution in [0.5, 0.6) is 0 Å². The molecule has 0 heterocycles. The molecule has 0 atom stereocenters. The number of hydrogen-bond acceptors (Lipinski definition) is 0. The number of benzene rings is 2. The van der Waals surface area contributed by atoms with Gasteiger partial charge in [0.05, 0.1) is 0 Å². The van der Waals surface area contributed by atoms with Crippen molar-refractivity contribution in [1.82, 2.24) is 0 Å². The fourth-order valence-electron chi connectivity index (χ4n) is 1.44. The van der Waals surface area contributed by atoms with E-state index in [1.807, 2.05) is 12.1 Å². The Morgan fingerprint density at radius 2 is 1.27 bits per heavy atom. The zero-order valence-corrected chi connectivity index (χ0v) is 8.39. The molecule has 0 unspecified atom stereocenters. The van der Waals surface area contributed by atoms with Gasteiger partial charge in [0.1, 0.15) is 0 Å². The fourth-order valence-corrected chi connectivity index (χ4v) is 1.44. The van der Waals surface area contributed by atoms with Crippen molar-refractivity contribution >= 4 is 6.08 Å². The van der Waals surface area contributed by atoms with Gasteiger partial charge in [-0.3, -0.25) is 4.70 Å². The van der Waals surface area contributed by atoms with Gasteiger partial charge in [-0.15, -0.1) is 0 Å². The summed E-state index contributed by atoms with van der Waals surface area (Å²) in [7, 11) is 0. The van der Waals surface area contributed by atoms with Crippen molar-refractivity contribution in [3.63, 3.8) is 0 Å². The second-order valence-electron chi connectivity index (χ2n) is 3.19. The molecule has 0 saturated heterocycles. The van der Waals surface area contributed by atoms with Crippen LogP contribution in [-0.2, 0) is 0 Å². The first-order valence-electron chi connectivity index (χ1n) is 4.68. The summed E-state index contributed by atoms with van der Waals surface area (Å²) in [6.07, 6.45) is 1.86. The zero-order valence-electron chi connectivity index (χ0n) is 8.39. The smallest absolute Gasteiger partial charge is 0.0184 e. The lowest BCUT2D eigenvalue weighted by molar-refractivity contribution is 1.11. The van der Waals surface area contributed by atoms with Crippen LogP contribution in [0.25, 0.3) is 17.2 Å². The fraction of sp³-hybridized carbons (Fsp3) is 0. The van der Waals surface area contributed by atoms with Gasteiger partial charge in [-0.25, -0.2) is 0 Å². The molecule has 0 saturated carbocycles. The van der Waals surface area contributed by atoms with E-state index in [0.717, 1.165) is 5.56 Å². The summed E-state index contributed by atoms with van der Waals surface area (Å²) in [5.74, 6) is 0. The molecule has 0 aliphatic rings. The SMILES string of the molecule is C=Cc1ccc(-c2ccccc2)cc1.F. The van der Waals surface area contributed by atoms with E-state index < -0.39 is 0 Å². The van der Waals surface area contributed by atoms with Gasteiger partial charge in [-0.05, 0) is 16.7 Å². The molecule has 0 N–H and O–H groups in total. The van der Waals surface area contributed by atoms with Gasteiger partial charge in [0.2, 0.25) is 0 Å². The molecule has 1 heteroatoms. The van der Waals surface area contributed by atoms with Crippen LogP contribution in [0.4, 0.5) is 4.70 Å². The summed E-state index contributed by atoms with van der Waals surface area (Å²) in [4.78, 5) is 0. The number of rotatable bonds is 2. The highest BCUT2D eigenvalue weighted by atomic mass is 19.0. The molecule has 0 nitrogen and oxygen atoms in total. The van der Waals surface area contributed by atoms with Crippen LogP contribution in [0.1, 0.15) is 5.56 Å². The van der Waals surface area contributed by atoms with Gasteiger partial charge in [-0.1, -0.05) is 67.3 Å². The summed E-state index contributed by atoms with van der Waals surface area (Å²) in [6.45, 7) is 3.73. The first-order chi connectivity index (χ1) is 6.90. The number of halogens is 1. The average molecular weight is 200 g/mol. The molecule has 2 aromatic rings.